The molecule has 2 rings (SSSR count). The van der Waals surface area contributed by atoms with E-state index in [9.17, 15) is 8.78 Å². The molecule has 18 heavy (non-hydrogen) atoms. The highest BCUT2D eigenvalue weighted by atomic mass is 19.1. The Hall–Kier alpha value is -1.75. The first kappa shape index (κ1) is 12.7. The molecule has 2 N–H and O–H groups in total. The molecule has 0 aliphatic carbocycles. The van der Waals surface area contributed by atoms with Gasteiger partial charge in [0.25, 0.3) is 0 Å². The minimum absolute atomic E-state index is 0.185. The van der Waals surface area contributed by atoms with Gasteiger partial charge in [0.2, 0.25) is 0 Å². The first-order chi connectivity index (χ1) is 8.52. The fourth-order valence-electron chi connectivity index (χ4n) is 1.98. The predicted octanol–water partition coefficient (Wildman–Crippen LogP) is 1.81. The van der Waals surface area contributed by atoms with Gasteiger partial charge >= 0.3 is 0 Å². The van der Waals surface area contributed by atoms with E-state index in [4.69, 9.17) is 5.73 Å². The van der Waals surface area contributed by atoms with Gasteiger partial charge in [-0.1, -0.05) is 0 Å². The molecule has 1 unspecified atom stereocenters. The lowest BCUT2D eigenvalue weighted by Crippen LogP contribution is -2.25. The molecule has 0 fully saturated rings. The molecule has 1 aromatic carbocycles. The largest absolute Gasteiger partial charge is 0.327 e. The highest BCUT2D eigenvalue weighted by molar-refractivity contribution is 5.19. The second-order valence-electron chi connectivity index (χ2n) is 4.47. The Morgan fingerprint density at radius 1 is 1.17 bits per heavy atom. The van der Waals surface area contributed by atoms with E-state index in [0.717, 1.165) is 11.6 Å². The van der Waals surface area contributed by atoms with Crippen molar-refractivity contribution in [3.8, 4) is 0 Å². The molecule has 1 atom stereocenters. The average Bonchev–Trinajstić information content (AvgIpc) is 2.61. The Morgan fingerprint density at radius 3 is 2.33 bits per heavy atom. The van der Waals surface area contributed by atoms with Crippen LogP contribution >= 0.6 is 0 Å². The molecule has 5 heteroatoms. The lowest BCUT2D eigenvalue weighted by atomic mass is 10.0. The number of rotatable bonds is 4. The van der Waals surface area contributed by atoms with Gasteiger partial charge in [0.1, 0.15) is 11.6 Å². The van der Waals surface area contributed by atoms with E-state index in [1.54, 1.807) is 10.9 Å². The minimum Gasteiger partial charge on any atom is -0.327 e. The van der Waals surface area contributed by atoms with Crippen LogP contribution in [0.3, 0.4) is 0 Å². The van der Waals surface area contributed by atoms with Crippen LogP contribution in [0, 0.1) is 11.6 Å². The van der Waals surface area contributed by atoms with Gasteiger partial charge in [-0.05, 0) is 36.1 Å². The van der Waals surface area contributed by atoms with Crippen molar-refractivity contribution in [3.05, 3.63) is 53.4 Å². The Balaban J connectivity index is 2.00. The van der Waals surface area contributed by atoms with Crippen molar-refractivity contribution in [2.45, 2.75) is 18.9 Å². The number of nitrogens with zero attached hydrogens (tertiary/aromatic N) is 2. The molecule has 0 saturated heterocycles. The van der Waals surface area contributed by atoms with Crippen molar-refractivity contribution in [1.29, 1.82) is 0 Å². The summed E-state index contributed by atoms with van der Waals surface area (Å²) in [6, 6.07) is 3.30. The maximum Gasteiger partial charge on any atom is 0.126 e. The van der Waals surface area contributed by atoms with Crippen molar-refractivity contribution in [2.24, 2.45) is 12.8 Å². The molecule has 0 spiro atoms. The van der Waals surface area contributed by atoms with E-state index in [2.05, 4.69) is 5.10 Å². The van der Waals surface area contributed by atoms with Crippen LogP contribution in [0.4, 0.5) is 8.78 Å². The minimum atomic E-state index is -0.571. The third-order valence-corrected chi connectivity index (χ3v) is 2.68. The van der Waals surface area contributed by atoms with E-state index < -0.39 is 11.6 Å². The SMILES string of the molecule is Cn1cc(CC(N)Cc2cc(F)cc(F)c2)cn1. The van der Waals surface area contributed by atoms with Crippen LogP contribution in [-0.2, 0) is 19.9 Å². The fourth-order valence-corrected chi connectivity index (χ4v) is 1.98. The maximum absolute atomic E-state index is 13.0. The summed E-state index contributed by atoms with van der Waals surface area (Å²) in [4.78, 5) is 0. The number of hydrogen-bond donors (Lipinski definition) is 1. The molecular weight excluding hydrogens is 236 g/mol. The molecule has 1 aromatic heterocycles. The third-order valence-electron chi connectivity index (χ3n) is 2.68. The monoisotopic (exact) mass is 251 g/mol. The smallest absolute Gasteiger partial charge is 0.126 e. The lowest BCUT2D eigenvalue weighted by Gasteiger charge is -2.10. The first-order valence-corrected chi connectivity index (χ1v) is 5.71. The van der Waals surface area contributed by atoms with Gasteiger partial charge in [-0.25, -0.2) is 8.78 Å². The summed E-state index contributed by atoms with van der Waals surface area (Å²) >= 11 is 0. The van der Waals surface area contributed by atoms with Gasteiger partial charge < -0.3 is 5.73 Å². The highest BCUT2D eigenvalue weighted by Crippen LogP contribution is 2.11. The first-order valence-electron chi connectivity index (χ1n) is 5.71. The van der Waals surface area contributed by atoms with Crippen LogP contribution in [0.1, 0.15) is 11.1 Å². The number of hydrogen-bond acceptors (Lipinski definition) is 2. The Kier molecular flexibility index (Phi) is 3.72. The van der Waals surface area contributed by atoms with E-state index in [0.29, 0.717) is 18.4 Å². The zero-order valence-corrected chi connectivity index (χ0v) is 10.1. The summed E-state index contributed by atoms with van der Waals surface area (Å²) in [7, 11) is 1.83. The summed E-state index contributed by atoms with van der Waals surface area (Å²) in [5.41, 5.74) is 7.55. The van der Waals surface area contributed by atoms with Crippen LogP contribution < -0.4 is 5.73 Å². The summed E-state index contributed by atoms with van der Waals surface area (Å²) < 4.78 is 27.7. The summed E-state index contributed by atoms with van der Waals surface area (Å²) in [6.45, 7) is 0. The average molecular weight is 251 g/mol. The molecule has 96 valence electrons. The number of halogens is 2. The second kappa shape index (κ2) is 5.27. The molecule has 0 aliphatic heterocycles. The van der Waals surface area contributed by atoms with E-state index in [1.807, 2.05) is 13.2 Å². The lowest BCUT2D eigenvalue weighted by molar-refractivity contribution is 0.574. The summed E-state index contributed by atoms with van der Waals surface area (Å²) in [5.74, 6) is -1.14. The molecular formula is C13H15F2N3. The number of aryl methyl sites for hydroxylation is 1. The topological polar surface area (TPSA) is 43.8 Å². The summed E-state index contributed by atoms with van der Waals surface area (Å²) in [6.07, 6.45) is 4.69. The number of benzene rings is 1. The number of aromatic nitrogens is 2. The van der Waals surface area contributed by atoms with Crippen molar-refractivity contribution in [1.82, 2.24) is 9.78 Å². The Morgan fingerprint density at radius 2 is 1.78 bits per heavy atom. The molecule has 0 saturated carbocycles. The van der Waals surface area contributed by atoms with Crippen LogP contribution in [0.15, 0.2) is 30.6 Å². The van der Waals surface area contributed by atoms with Crippen molar-refractivity contribution in [3.63, 3.8) is 0 Å². The van der Waals surface area contributed by atoms with Gasteiger partial charge in [0.15, 0.2) is 0 Å². The van der Waals surface area contributed by atoms with Crippen LogP contribution in [-0.4, -0.2) is 15.8 Å². The summed E-state index contributed by atoms with van der Waals surface area (Å²) in [5, 5.41) is 4.05. The molecule has 0 radical (unpaired) electrons. The number of nitrogens with two attached hydrogens (primary N) is 1. The highest BCUT2D eigenvalue weighted by Gasteiger charge is 2.09. The normalized spacial score (nSPS) is 12.7. The third kappa shape index (κ3) is 3.37. The Labute approximate surface area is 104 Å². The zero-order chi connectivity index (χ0) is 13.1. The van der Waals surface area contributed by atoms with E-state index in [1.165, 1.54) is 12.1 Å². The molecule has 3 nitrogen and oxygen atoms in total. The van der Waals surface area contributed by atoms with Gasteiger partial charge in [-0.3, -0.25) is 4.68 Å². The Bertz CT molecular complexity index is 517. The van der Waals surface area contributed by atoms with Crippen molar-refractivity contribution >= 4 is 0 Å². The maximum atomic E-state index is 13.0. The fraction of sp³-hybridized carbons (Fsp3) is 0.308. The van der Waals surface area contributed by atoms with Gasteiger partial charge in [-0.2, -0.15) is 5.10 Å². The van der Waals surface area contributed by atoms with Crippen molar-refractivity contribution < 1.29 is 8.78 Å². The standard InChI is InChI=1S/C13H15F2N3/c1-18-8-10(7-17-18)5-13(16)4-9-2-11(14)6-12(15)3-9/h2-3,6-8,13H,4-5,16H2,1H3. The predicted molar refractivity (Wildman–Crippen MR) is 64.9 cm³/mol. The van der Waals surface area contributed by atoms with Crippen LogP contribution in [0.25, 0.3) is 0 Å². The van der Waals surface area contributed by atoms with Gasteiger partial charge in [-0.15, -0.1) is 0 Å². The van der Waals surface area contributed by atoms with Crippen LogP contribution in [0.2, 0.25) is 0 Å². The van der Waals surface area contributed by atoms with Gasteiger partial charge in [0, 0.05) is 25.4 Å². The molecule has 0 bridgehead atoms. The second-order valence-corrected chi connectivity index (χ2v) is 4.47. The van der Waals surface area contributed by atoms with Crippen molar-refractivity contribution in [2.75, 3.05) is 0 Å². The van der Waals surface area contributed by atoms with E-state index >= 15 is 0 Å². The molecule has 1 heterocycles. The zero-order valence-electron chi connectivity index (χ0n) is 10.1. The molecule has 0 aliphatic rings. The quantitative estimate of drug-likeness (QED) is 0.900. The van der Waals surface area contributed by atoms with Gasteiger partial charge in [0.05, 0.1) is 6.20 Å². The molecule has 0 amide bonds. The van der Waals surface area contributed by atoms with Crippen LogP contribution in [0.5, 0.6) is 0 Å². The molecule has 2 aromatic rings. The van der Waals surface area contributed by atoms with E-state index in [-0.39, 0.29) is 6.04 Å².